The number of nitrogens with one attached hydrogen (secondary N) is 2. The Balaban J connectivity index is 1.85. The Labute approximate surface area is 142 Å². The van der Waals surface area contributed by atoms with Crippen molar-refractivity contribution in [2.24, 2.45) is 10.7 Å². The average molecular weight is 347 g/mol. The lowest BCUT2D eigenvalue weighted by atomic mass is 10.1. The van der Waals surface area contributed by atoms with Crippen LogP contribution in [-0.2, 0) is 16.4 Å². The molecule has 0 bridgehead atoms. The first-order valence-corrected chi connectivity index (χ1v) is 9.05. The molecule has 0 aliphatic rings. The Morgan fingerprint density at radius 1 is 1.29 bits per heavy atom. The molecule has 0 aliphatic heterocycles. The quantitative estimate of drug-likeness (QED) is 0.398. The molecule has 0 amide bonds. The van der Waals surface area contributed by atoms with Gasteiger partial charge in [-0.3, -0.25) is 9.98 Å². The summed E-state index contributed by atoms with van der Waals surface area (Å²) in [4.78, 5) is 8.03. The molecule has 0 unspecified atom stereocenters. The fraction of sp³-hybridized carbons (Fsp3) is 0.250. The van der Waals surface area contributed by atoms with Gasteiger partial charge in [0.05, 0.1) is 6.54 Å². The van der Waals surface area contributed by atoms with E-state index in [2.05, 4.69) is 26.9 Å². The van der Waals surface area contributed by atoms with Gasteiger partial charge in [0, 0.05) is 24.6 Å². The Morgan fingerprint density at radius 2 is 2.12 bits per heavy atom. The maximum Gasteiger partial charge on any atom is 0.242 e. The second-order valence-electron chi connectivity index (χ2n) is 5.03. The molecule has 1 aromatic carbocycles. The summed E-state index contributed by atoms with van der Waals surface area (Å²) in [5, 5.41) is 2.99. The van der Waals surface area contributed by atoms with Crippen LogP contribution in [0.4, 0.5) is 5.69 Å². The van der Waals surface area contributed by atoms with Crippen molar-refractivity contribution in [1.29, 1.82) is 0 Å². The summed E-state index contributed by atoms with van der Waals surface area (Å²) in [6.45, 7) is 2.45. The molecule has 4 N–H and O–H groups in total. The SMILES string of the molecule is CCc1cccc(NC(N)=NCCNS(=O)(=O)c2cccnc2)c1. The normalized spacial score (nSPS) is 12.1. The molecule has 2 aromatic rings. The number of hydrogen-bond donors (Lipinski definition) is 3. The Morgan fingerprint density at radius 3 is 2.83 bits per heavy atom. The molecule has 2 rings (SSSR count). The Kier molecular flexibility index (Phi) is 6.28. The van der Waals surface area contributed by atoms with Crippen molar-refractivity contribution in [2.75, 3.05) is 18.4 Å². The number of benzene rings is 1. The average Bonchev–Trinajstić information content (AvgIpc) is 2.60. The maximum atomic E-state index is 12.0. The van der Waals surface area contributed by atoms with Gasteiger partial charge in [-0.05, 0) is 36.2 Å². The second-order valence-corrected chi connectivity index (χ2v) is 6.80. The van der Waals surface area contributed by atoms with Gasteiger partial charge in [0.1, 0.15) is 4.90 Å². The molecule has 1 heterocycles. The lowest BCUT2D eigenvalue weighted by molar-refractivity contribution is 0.582. The van der Waals surface area contributed by atoms with E-state index in [-0.39, 0.29) is 23.9 Å². The third kappa shape index (κ3) is 5.32. The van der Waals surface area contributed by atoms with E-state index in [1.54, 1.807) is 6.07 Å². The molecule has 0 spiro atoms. The highest BCUT2D eigenvalue weighted by molar-refractivity contribution is 7.89. The monoisotopic (exact) mass is 347 g/mol. The fourth-order valence-electron chi connectivity index (χ4n) is 2.00. The number of pyridine rings is 1. The zero-order valence-electron chi connectivity index (χ0n) is 13.4. The summed E-state index contributed by atoms with van der Waals surface area (Å²) < 4.78 is 26.4. The molecule has 0 saturated carbocycles. The van der Waals surface area contributed by atoms with Gasteiger partial charge in [0.15, 0.2) is 5.96 Å². The van der Waals surface area contributed by atoms with Gasteiger partial charge < -0.3 is 11.1 Å². The van der Waals surface area contributed by atoms with E-state index in [1.807, 2.05) is 24.3 Å². The predicted molar refractivity (Wildman–Crippen MR) is 95.4 cm³/mol. The van der Waals surface area contributed by atoms with E-state index in [0.29, 0.717) is 0 Å². The van der Waals surface area contributed by atoms with E-state index < -0.39 is 10.0 Å². The maximum absolute atomic E-state index is 12.0. The molecule has 8 heteroatoms. The summed E-state index contributed by atoms with van der Waals surface area (Å²) in [5.41, 5.74) is 7.85. The summed E-state index contributed by atoms with van der Waals surface area (Å²) >= 11 is 0. The van der Waals surface area contributed by atoms with Gasteiger partial charge in [-0.2, -0.15) is 0 Å². The van der Waals surface area contributed by atoms with Crippen LogP contribution in [0.3, 0.4) is 0 Å². The number of rotatable bonds is 7. The van der Waals surface area contributed by atoms with Crippen LogP contribution in [0.25, 0.3) is 0 Å². The standard InChI is InChI=1S/C16H21N5O2S/c1-2-13-5-3-6-14(11-13)21-16(17)19-9-10-20-24(22,23)15-7-4-8-18-12-15/h3-8,11-12,20H,2,9-10H2,1H3,(H3,17,19,21). The topological polar surface area (TPSA) is 109 Å². The van der Waals surface area contributed by atoms with Crippen molar-refractivity contribution >= 4 is 21.7 Å². The number of hydrogen-bond acceptors (Lipinski definition) is 4. The highest BCUT2D eigenvalue weighted by atomic mass is 32.2. The molecule has 1 aromatic heterocycles. The van der Waals surface area contributed by atoms with Crippen molar-refractivity contribution in [3.05, 3.63) is 54.4 Å². The summed E-state index contributed by atoms with van der Waals surface area (Å²) in [7, 11) is -3.57. The van der Waals surface area contributed by atoms with Crippen LogP contribution < -0.4 is 15.8 Å². The van der Waals surface area contributed by atoms with Crippen molar-refractivity contribution in [3.8, 4) is 0 Å². The lowest BCUT2D eigenvalue weighted by Crippen LogP contribution is -2.28. The molecule has 128 valence electrons. The van der Waals surface area contributed by atoms with Crippen LogP contribution in [0.1, 0.15) is 12.5 Å². The van der Waals surface area contributed by atoms with Crippen LogP contribution in [0.5, 0.6) is 0 Å². The smallest absolute Gasteiger partial charge is 0.242 e. The molecule has 0 aliphatic carbocycles. The molecular weight excluding hydrogens is 326 g/mol. The van der Waals surface area contributed by atoms with E-state index in [0.717, 1.165) is 12.1 Å². The number of aromatic nitrogens is 1. The van der Waals surface area contributed by atoms with Gasteiger partial charge in [0.2, 0.25) is 10.0 Å². The molecule has 7 nitrogen and oxygen atoms in total. The van der Waals surface area contributed by atoms with E-state index in [4.69, 9.17) is 5.73 Å². The van der Waals surface area contributed by atoms with Crippen LogP contribution in [0, 0.1) is 0 Å². The number of aryl methyl sites for hydroxylation is 1. The first-order valence-electron chi connectivity index (χ1n) is 7.57. The van der Waals surface area contributed by atoms with Gasteiger partial charge in [0.25, 0.3) is 0 Å². The fourth-order valence-corrected chi connectivity index (χ4v) is 2.99. The Bertz CT molecular complexity index is 791. The number of guanidine groups is 1. The van der Waals surface area contributed by atoms with Gasteiger partial charge in [-0.25, -0.2) is 13.1 Å². The van der Waals surface area contributed by atoms with Crippen LogP contribution in [0.15, 0.2) is 58.7 Å². The van der Waals surface area contributed by atoms with E-state index in [9.17, 15) is 8.42 Å². The summed E-state index contributed by atoms with van der Waals surface area (Å²) in [6, 6.07) is 10.9. The number of aliphatic imine (C=N–C) groups is 1. The van der Waals surface area contributed by atoms with Crippen molar-refractivity contribution < 1.29 is 8.42 Å². The molecule has 0 radical (unpaired) electrons. The Hall–Kier alpha value is -2.45. The molecular formula is C16H21N5O2S. The lowest BCUT2D eigenvalue weighted by Gasteiger charge is -2.08. The van der Waals surface area contributed by atoms with Crippen LogP contribution >= 0.6 is 0 Å². The predicted octanol–water partition coefficient (Wildman–Crippen LogP) is 1.35. The number of nitrogens with zero attached hydrogens (tertiary/aromatic N) is 2. The minimum atomic E-state index is -3.57. The second kappa shape index (κ2) is 8.42. The first kappa shape index (κ1) is 17.9. The number of nitrogens with two attached hydrogens (primary N) is 1. The van der Waals surface area contributed by atoms with Crippen molar-refractivity contribution in [2.45, 2.75) is 18.2 Å². The third-order valence-corrected chi connectivity index (χ3v) is 4.68. The van der Waals surface area contributed by atoms with Crippen LogP contribution in [-0.4, -0.2) is 32.5 Å². The van der Waals surface area contributed by atoms with Gasteiger partial charge in [-0.15, -0.1) is 0 Å². The summed E-state index contributed by atoms with van der Waals surface area (Å²) in [6.07, 6.45) is 3.74. The number of sulfonamides is 1. The van der Waals surface area contributed by atoms with Gasteiger partial charge >= 0.3 is 0 Å². The highest BCUT2D eigenvalue weighted by Crippen LogP contribution is 2.10. The van der Waals surface area contributed by atoms with Crippen LogP contribution in [0.2, 0.25) is 0 Å². The zero-order chi connectivity index (χ0) is 17.4. The molecule has 0 saturated heterocycles. The minimum absolute atomic E-state index is 0.122. The van der Waals surface area contributed by atoms with Crippen molar-refractivity contribution in [3.63, 3.8) is 0 Å². The minimum Gasteiger partial charge on any atom is -0.370 e. The zero-order valence-corrected chi connectivity index (χ0v) is 14.3. The highest BCUT2D eigenvalue weighted by Gasteiger charge is 2.12. The third-order valence-electron chi connectivity index (χ3n) is 3.24. The summed E-state index contributed by atoms with van der Waals surface area (Å²) in [5.74, 6) is 0.240. The number of anilines is 1. The van der Waals surface area contributed by atoms with E-state index in [1.165, 1.54) is 24.0 Å². The largest absolute Gasteiger partial charge is 0.370 e. The van der Waals surface area contributed by atoms with Gasteiger partial charge in [-0.1, -0.05) is 19.1 Å². The van der Waals surface area contributed by atoms with Crippen molar-refractivity contribution in [1.82, 2.24) is 9.71 Å². The first-order chi connectivity index (χ1) is 11.5. The van der Waals surface area contributed by atoms with E-state index >= 15 is 0 Å². The molecule has 0 atom stereocenters. The molecule has 0 fully saturated rings. The molecule has 24 heavy (non-hydrogen) atoms.